The zero-order valence-electron chi connectivity index (χ0n) is 19.6. The second kappa shape index (κ2) is 10.8. The number of allylic oxidation sites excluding steroid dienone is 8. The molecule has 0 N–H and O–H groups in total. The van der Waals surface area contributed by atoms with Crippen molar-refractivity contribution in [2.45, 2.75) is 94.2 Å². The first-order chi connectivity index (χ1) is 11.4. The van der Waals surface area contributed by atoms with Crippen molar-refractivity contribution < 1.29 is 51.0 Å². The zero-order valence-corrected chi connectivity index (χ0v) is 24.6. The summed E-state index contributed by atoms with van der Waals surface area (Å²) in [6.07, 6.45) is 9.50. The third-order valence-electron chi connectivity index (χ3n) is 6.39. The van der Waals surface area contributed by atoms with Crippen LogP contribution in [0.25, 0.3) is 0 Å². The van der Waals surface area contributed by atoms with Gasteiger partial charge in [0.25, 0.3) is 0 Å². The molecule has 0 saturated carbocycles. The van der Waals surface area contributed by atoms with Crippen LogP contribution < -0.4 is 24.8 Å². The van der Waals surface area contributed by atoms with Crippen molar-refractivity contribution in [3.05, 3.63) is 44.8 Å². The van der Waals surface area contributed by atoms with Crippen molar-refractivity contribution in [1.29, 1.82) is 0 Å². The van der Waals surface area contributed by atoms with Crippen LogP contribution >= 0.6 is 0 Å². The van der Waals surface area contributed by atoms with Gasteiger partial charge in [-0.25, -0.2) is 21.5 Å². The van der Waals surface area contributed by atoms with Crippen LogP contribution in [0, 0.1) is 23.0 Å². The van der Waals surface area contributed by atoms with Gasteiger partial charge in [-0.1, -0.05) is 89.4 Å². The number of hydrogen-bond acceptors (Lipinski definition) is 0. The quantitative estimate of drug-likeness (QED) is 0.393. The van der Waals surface area contributed by atoms with E-state index in [1.807, 2.05) is 0 Å². The molecule has 0 spiro atoms. The predicted octanol–water partition coefficient (Wildman–Crippen LogP) is 1.55. The van der Waals surface area contributed by atoms with Gasteiger partial charge in [-0.05, 0) is 10.8 Å². The molecule has 0 aliphatic heterocycles. The predicted molar refractivity (Wildman–Crippen MR) is 114 cm³/mol. The van der Waals surface area contributed by atoms with Crippen LogP contribution in [0.2, 0.25) is 12.1 Å². The summed E-state index contributed by atoms with van der Waals surface area (Å²) in [6.45, 7) is 23.8. The molecule has 0 aromatic carbocycles. The Morgan fingerprint density at radius 3 is 1.21 bits per heavy atom. The summed E-state index contributed by atoms with van der Waals surface area (Å²) in [5, 5.41) is 3.45. The molecule has 0 nitrogen and oxygen atoms in total. The van der Waals surface area contributed by atoms with Crippen molar-refractivity contribution in [2.24, 2.45) is 10.8 Å². The first-order valence-corrected chi connectivity index (χ1v) is 12.4. The molecular weight excluding hydrogens is 478 g/mol. The molecule has 0 aromatic rings. The van der Waals surface area contributed by atoms with Crippen molar-refractivity contribution in [2.75, 3.05) is 0 Å². The van der Waals surface area contributed by atoms with E-state index in [1.165, 1.54) is 23.2 Å². The number of halogens is 2. The molecule has 2 aliphatic carbocycles. The first-order valence-electron chi connectivity index (χ1n) is 10.0. The Morgan fingerprint density at radius 2 is 1.00 bits per heavy atom. The van der Waals surface area contributed by atoms with Crippen molar-refractivity contribution in [1.82, 2.24) is 0 Å². The van der Waals surface area contributed by atoms with Crippen LogP contribution in [-0.4, -0.2) is 8.07 Å². The van der Waals surface area contributed by atoms with E-state index in [-0.39, 0.29) is 61.8 Å². The van der Waals surface area contributed by atoms with Gasteiger partial charge < -0.3 is 24.8 Å². The van der Waals surface area contributed by atoms with Crippen LogP contribution in [0.5, 0.6) is 0 Å². The molecule has 2 rings (SSSR count). The normalized spacial score (nSPS) is 17.6. The molecule has 0 amide bonds. The van der Waals surface area contributed by atoms with E-state index < -0.39 is 8.07 Å². The molecular formula is C24H38Cl2SiZr. The fourth-order valence-corrected chi connectivity index (χ4v) is 10.8. The van der Waals surface area contributed by atoms with E-state index >= 15 is 0 Å². The maximum absolute atomic E-state index is 3.72. The Hall–Kier alpha value is 0.640. The molecule has 0 fully saturated rings. The number of hydrogen-bond donors (Lipinski definition) is 0. The summed E-state index contributed by atoms with van der Waals surface area (Å²) in [4.78, 5) is 0. The fraction of sp³-hybridized carbons (Fsp3) is 0.667. The maximum Gasteiger partial charge on any atom is 4.00 e. The Morgan fingerprint density at radius 1 is 0.714 bits per heavy atom. The minimum Gasteiger partial charge on any atom is -1.00 e. The van der Waals surface area contributed by atoms with Gasteiger partial charge in [0.2, 0.25) is 0 Å². The molecule has 28 heavy (non-hydrogen) atoms. The Labute approximate surface area is 207 Å². The van der Waals surface area contributed by atoms with Gasteiger partial charge in [-0.3, -0.25) is 12.2 Å². The average molecular weight is 517 g/mol. The Kier molecular flexibility index (Phi) is 11.9. The zero-order chi connectivity index (χ0) is 19.2. The molecule has 0 unspecified atom stereocenters. The van der Waals surface area contributed by atoms with Crippen LogP contribution in [0.1, 0.15) is 82.1 Å². The molecule has 0 atom stereocenters. The third-order valence-corrected chi connectivity index (χ3v) is 12.1. The molecule has 156 valence electrons. The topological polar surface area (TPSA) is 0 Å². The van der Waals surface area contributed by atoms with E-state index in [0.717, 1.165) is 12.8 Å². The van der Waals surface area contributed by atoms with E-state index in [4.69, 9.17) is 0 Å². The maximum atomic E-state index is 3.72. The summed E-state index contributed by atoms with van der Waals surface area (Å²) >= 11 is 0. The second-order valence-corrected chi connectivity index (χ2v) is 14.5. The largest absolute Gasteiger partial charge is 4.00 e. The van der Waals surface area contributed by atoms with Gasteiger partial charge in [0.1, 0.15) is 0 Å². The number of rotatable bonds is 4. The Balaban J connectivity index is 0. The smallest absolute Gasteiger partial charge is 1.00 e. The summed E-state index contributed by atoms with van der Waals surface area (Å²) in [5.74, 6) is 0. The molecule has 0 radical (unpaired) electrons. The summed E-state index contributed by atoms with van der Waals surface area (Å²) in [5.41, 5.74) is 6.65. The fourth-order valence-electron chi connectivity index (χ4n) is 4.91. The van der Waals surface area contributed by atoms with Gasteiger partial charge >= 0.3 is 26.2 Å². The molecule has 0 heterocycles. The van der Waals surface area contributed by atoms with Gasteiger partial charge in [0.15, 0.2) is 0 Å². The molecule has 0 aromatic heterocycles. The third kappa shape index (κ3) is 5.46. The standard InChI is InChI=1S/C24H38Si.2ClH.Zr/c1-11-25(12-2,21-17(3)13-15-19(21)23(5,6)7)22-18(4)14-16-20(22)24(8,9)10;;;/h11-12,15-16H2,1-10H3;2*1H;/q-2;;;+4/p-2. The average Bonchev–Trinajstić information content (AvgIpc) is 3.06. The monoisotopic (exact) mass is 514 g/mol. The van der Waals surface area contributed by atoms with E-state index in [9.17, 15) is 0 Å². The summed E-state index contributed by atoms with van der Waals surface area (Å²) in [6, 6.07) is 2.57. The van der Waals surface area contributed by atoms with Crippen LogP contribution in [0.15, 0.2) is 32.7 Å². The minimum absolute atomic E-state index is 0. The van der Waals surface area contributed by atoms with E-state index in [0.29, 0.717) is 0 Å². The van der Waals surface area contributed by atoms with Gasteiger partial charge in [-0.2, -0.15) is 11.1 Å². The van der Waals surface area contributed by atoms with Gasteiger partial charge in [-0.15, -0.1) is 12.8 Å². The van der Waals surface area contributed by atoms with Crippen LogP contribution in [0.3, 0.4) is 0 Å². The second-order valence-electron chi connectivity index (χ2n) is 9.95. The Bertz CT molecular complexity index is 622. The van der Waals surface area contributed by atoms with Crippen molar-refractivity contribution in [3.8, 4) is 0 Å². The molecule has 0 bridgehead atoms. The van der Waals surface area contributed by atoms with Crippen molar-refractivity contribution >= 4 is 8.07 Å². The SMILES string of the molecule is CC[Si](CC)(C1=C(C(C)(C)C)C[C-]=C1C)C1=C(C(C)(C)C)C[C-]=C1C.[Cl-].[Cl-].[Zr+4]. The minimum atomic E-state index is -1.79. The van der Waals surface area contributed by atoms with Crippen LogP contribution in [-0.2, 0) is 26.2 Å². The summed E-state index contributed by atoms with van der Waals surface area (Å²) < 4.78 is 0. The first kappa shape index (κ1) is 30.8. The molecule has 0 saturated heterocycles. The summed E-state index contributed by atoms with van der Waals surface area (Å²) in [7, 11) is -1.79. The van der Waals surface area contributed by atoms with Crippen molar-refractivity contribution in [3.63, 3.8) is 0 Å². The molecule has 4 heteroatoms. The van der Waals surface area contributed by atoms with Gasteiger partial charge in [0, 0.05) is 0 Å². The molecule has 2 aliphatic rings. The van der Waals surface area contributed by atoms with E-state index in [1.54, 1.807) is 21.5 Å². The van der Waals surface area contributed by atoms with E-state index in [2.05, 4.69) is 81.4 Å². The van der Waals surface area contributed by atoms with Gasteiger partial charge in [0.05, 0.1) is 0 Å². The van der Waals surface area contributed by atoms with Crippen LogP contribution in [0.4, 0.5) is 0 Å².